The number of rotatable bonds is 8. The summed E-state index contributed by atoms with van der Waals surface area (Å²) >= 11 is 10.3. The number of hydrogen-bond acceptors (Lipinski definition) is 21. The summed E-state index contributed by atoms with van der Waals surface area (Å²) in [6.07, 6.45) is 11.9. The van der Waals surface area contributed by atoms with Crippen molar-refractivity contribution in [3.05, 3.63) is 187 Å². The van der Waals surface area contributed by atoms with Gasteiger partial charge in [-0.3, -0.25) is 33.8 Å². The van der Waals surface area contributed by atoms with Crippen molar-refractivity contribution in [2.24, 2.45) is 0 Å². The lowest BCUT2D eigenvalue weighted by Crippen LogP contribution is -2.51. The van der Waals surface area contributed by atoms with Gasteiger partial charge in [0.1, 0.15) is 90.4 Å². The van der Waals surface area contributed by atoms with Crippen LogP contribution in [0.1, 0.15) is 98.8 Å². The average molecular weight is 1270 g/mol. The van der Waals surface area contributed by atoms with E-state index in [9.17, 15) is 33.9 Å². The second-order valence-corrected chi connectivity index (χ2v) is 26.7. The third-order valence-electron chi connectivity index (χ3n) is 17.7. The predicted molar refractivity (Wildman–Crippen MR) is 342 cm³/mol. The Kier molecular flexibility index (Phi) is 17.1. The highest BCUT2D eigenvalue weighted by Gasteiger charge is 2.49. The molecule has 0 saturated carbocycles. The molecule has 4 aromatic carbocycles. The Morgan fingerprint density at radius 2 is 0.966 bits per heavy atom. The number of aliphatic hydroxyl groups is 1. The number of aliphatic hydroxyl groups excluding tert-OH is 1. The molecule has 3 spiro atoms. The van der Waals surface area contributed by atoms with E-state index in [2.05, 4.69) is 41.6 Å². The lowest BCUT2D eigenvalue weighted by atomic mass is 9.90. The summed E-state index contributed by atoms with van der Waals surface area (Å²) in [5, 5.41) is 10.9. The van der Waals surface area contributed by atoms with Gasteiger partial charge in [0.15, 0.2) is 0 Å². The molecule has 0 radical (unpaired) electrons. The van der Waals surface area contributed by atoms with E-state index in [1.165, 1.54) is 47.2 Å². The van der Waals surface area contributed by atoms with Crippen LogP contribution in [0.5, 0.6) is 5.75 Å². The van der Waals surface area contributed by atoms with Crippen molar-refractivity contribution in [1.82, 2.24) is 24.8 Å². The number of β-amino-alcohol motifs (C(OH)–C–C–N with tert-alkyl or cyclic N) is 1. The van der Waals surface area contributed by atoms with Gasteiger partial charge in [-0.2, -0.15) is 0 Å². The zero-order valence-electron chi connectivity index (χ0n) is 48.7. The number of aryl methyl sites for hydroxylation is 1. The van der Waals surface area contributed by atoms with Crippen LogP contribution in [0.4, 0.5) is 11.6 Å². The minimum Gasteiger partial charge on any atom is -0.491 e. The van der Waals surface area contributed by atoms with Crippen molar-refractivity contribution in [2.45, 2.75) is 74.8 Å². The first kappa shape index (κ1) is 60.3. The van der Waals surface area contributed by atoms with Crippen LogP contribution < -0.4 is 14.5 Å². The summed E-state index contributed by atoms with van der Waals surface area (Å²) < 4.78 is 25.2. The van der Waals surface area contributed by atoms with E-state index in [1.54, 1.807) is 61.1 Å². The molecule has 15 rings (SSSR count). The van der Waals surface area contributed by atoms with Gasteiger partial charge in [-0.05, 0) is 24.1 Å². The molecule has 9 aliphatic rings. The maximum Gasteiger partial charge on any atom is 0.243 e. The molecule has 3 saturated heterocycles. The molecule has 89 heavy (non-hydrogen) atoms. The van der Waals surface area contributed by atoms with Gasteiger partial charge in [0.05, 0.1) is 6.20 Å². The number of carbonyl (C=O) groups excluding carboxylic acids is 6. The molecule has 22 heteroatoms. The zero-order chi connectivity index (χ0) is 61.4. The van der Waals surface area contributed by atoms with Gasteiger partial charge in [-0.1, -0.05) is 103 Å². The van der Waals surface area contributed by atoms with Crippen molar-refractivity contribution in [2.75, 3.05) is 79.5 Å². The normalized spacial score (nSPS) is 20.7. The molecule has 2 aromatic heterocycles. The van der Waals surface area contributed by atoms with Gasteiger partial charge >= 0.3 is 0 Å². The van der Waals surface area contributed by atoms with Crippen molar-refractivity contribution in [1.29, 1.82) is 0 Å². The van der Waals surface area contributed by atoms with Crippen LogP contribution in [-0.2, 0) is 35.0 Å². The molecule has 0 bridgehead atoms. The van der Waals surface area contributed by atoms with Crippen LogP contribution in [0.15, 0.2) is 143 Å². The lowest BCUT2D eigenvalue weighted by Gasteiger charge is -2.45. The average Bonchev–Trinajstić information content (AvgIpc) is 0.824. The Balaban J connectivity index is 0.000000124. The number of carbonyl (C=O) groups is 6. The molecule has 18 nitrogen and oxygen atoms in total. The summed E-state index contributed by atoms with van der Waals surface area (Å²) in [5.41, 5.74) is 3.68. The smallest absolute Gasteiger partial charge is 0.243 e. The summed E-state index contributed by atoms with van der Waals surface area (Å²) in [6.45, 7) is 7.66. The van der Waals surface area contributed by atoms with E-state index in [0.717, 1.165) is 118 Å². The van der Waals surface area contributed by atoms with Crippen LogP contribution in [0, 0.1) is 0 Å². The van der Waals surface area contributed by atoms with Gasteiger partial charge in [-0.25, -0.2) is 15.0 Å². The Labute approximate surface area is 531 Å². The number of fused-ring (bicyclic) bond motifs is 6. The van der Waals surface area contributed by atoms with Gasteiger partial charge in [-0.15, -0.1) is 35.3 Å². The number of ether oxygens (including phenoxy) is 4. The van der Waals surface area contributed by atoms with Crippen molar-refractivity contribution in [3.63, 3.8) is 0 Å². The maximum absolute atomic E-state index is 12.6. The fourth-order valence-corrected chi connectivity index (χ4v) is 16.4. The molecule has 6 aliphatic heterocycles. The monoisotopic (exact) mass is 1270 g/mol. The predicted octanol–water partition coefficient (Wildman–Crippen LogP) is 9.80. The maximum atomic E-state index is 12.6. The van der Waals surface area contributed by atoms with E-state index in [1.807, 2.05) is 60.7 Å². The van der Waals surface area contributed by atoms with Crippen molar-refractivity contribution in [3.8, 4) is 5.75 Å². The van der Waals surface area contributed by atoms with Crippen molar-refractivity contribution >= 4 is 110 Å². The molecule has 0 unspecified atom stereocenters. The first-order valence-electron chi connectivity index (χ1n) is 29.8. The summed E-state index contributed by atoms with van der Waals surface area (Å²) in [5.74, 6) is 3.46. The Morgan fingerprint density at radius 1 is 0.539 bits per heavy atom. The lowest BCUT2D eigenvalue weighted by molar-refractivity contribution is -0.112. The standard InChI is InChI=1S/C27H29NO5S.C20H16ClN3O3S.C20H17N3O3S/c1-2-18-7-9-20(10-8-18)32-16-19(29)15-28-13-11-27(12-14-28)17-34-26-24(31)23(30)21-5-3-4-6-22(21)25(26)33-27;21-14-9-15(23-11-22-14)24-7-5-20(6-8-24)10-28-19-17(26)16(25)12-3-1-2-4-13(12)18(19)27-20;24-16-13-3-1-2-4-14(13)18-19(17(16)25)27-12-20(26-18)5-9-23(10-6-20)15-11-21-7-8-22-15/h3-10,19,29H,2,11-17H2,1H3;1-4,9,11H,5-8,10H2;1-4,7-8,11H,5-6,9-10,12H2/t19-;;/m1../s1. The first-order valence-corrected chi connectivity index (χ1v) is 33.1. The number of nitrogens with zero attached hydrogens (tertiary/aromatic N) is 7. The minimum absolute atomic E-state index is 0.253. The molecule has 1 atom stereocenters. The van der Waals surface area contributed by atoms with E-state index >= 15 is 0 Å². The quantitative estimate of drug-likeness (QED) is 0.111. The largest absolute Gasteiger partial charge is 0.491 e. The number of Topliss-reactive ketones (excluding diaryl/α,β-unsaturated/α-hetero) is 6. The third kappa shape index (κ3) is 12.2. The topological polar surface area (TPSA) is 221 Å². The molecule has 6 aromatic rings. The van der Waals surface area contributed by atoms with Crippen LogP contribution >= 0.6 is 46.9 Å². The second kappa shape index (κ2) is 25.3. The SMILES string of the molecule is CCc1ccc(OC[C@H](O)CN2CCC3(CC2)CSC2=C(O3)c3ccccc3C(=O)C2=O)cc1.O=C1C(=O)c2ccccc2C2=C1SCC1(CCN(c3cc(Cl)ncn3)CC1)O2.O=C1C(=O)c2ccccc2C2=C1SCC1(CCN(c3cnccn3)CC1)O2. The minimum atomic E-state index is -0.579. The molecule has 3 aliphatic carbocycles. The fraction of sp³-hybridized carbons (Fsp3) is 0.343. The Morgan fingerprint density at radius 3 is 1.38 bits per heavy atom. The summed E-state index contributed by atoms with van der Waals surface area (Å²) in [7, 11) is 0. The molecule has 3 fully saturated rings. The number of piperidine rings is 3. The Hall–Kier alpha value is -7.66. The third-order valence-corrected chi connectivity index (χ3v) is 21.9. The summed E-state index contributed by atoms with van der Waals surface area (Å²) in [4.78, 5) is 99.5. The first-order chi connectivity index (χ1) is 43.2. The number of thioether (sulfide) groups is 3. The number of benzene rings is 4. The molecule has 8 heterocycles. The fourth-order valence-electron chi connectivity index (χ4n) is 12.5. The number of allylic oxidation sites excluding steroid dienone is 3. The molecule has 1 N–H and O–H groups in total. The van der Waals surface area contributed by atoms with Gasteiger partial charge < -0.3 is 38.8 Å². The van der Waals surface area contributed by atoms with Crippen molar-refractivity contribution < 1.29 is 52.8 Å². The van der Waals surface area contributed by atoms with Crippen LogP contribution in [0.2, 0.25) is 5.15 Å². The number of halogens is 1. The number of likely N-dealkylation sites (tertiary alicyclic amines) is 1. The zero-order valence-corrected chi connectivity index (χ0v) is 51.9. The number of ketones is 6. The Bertz CT molecular complexity index is 3910. The number of anilines is 2. The van der Waals surface area contributed by atoms with Gasteiger partial charge in [0, 0.05) is 153 Å². The van der Waals surface area contributed by atoms with E-state index in [4.69, 9.17) is 30.5 Å². The summed E-state index contributed by atoms with van der Waals surface area (Å²) in [6, 6.07) is 31.3. The van der Waals surface area contributed by atoms with Gasteiger partial charge in [0.25, 0.3) is 0 Å². The molecule has 456 valence electrons. The number of hydrogen-bond donors (Lipinski definition) is 1. The van der Waals surface area contributed by atoms with Crippen LogP contribution in [-0.4, -0.2) is 157 Å². The second-order valence-electron chi connectivity index (χ2n) is 23.3. The highest BCUT2D eigenvalue weighted by molar-refractivity contribution is 8.05. The van der Waals surface area contributed by atoms with E-state index in [-0.39, 0.29) is 23.4 Å². The molecule has 0 amide bonds. The highest BCUT2D eigenvalue weighted by Crippen LogP contribution is 2.51. The van der Waals surface area contributed by atoms with Gasteiger partial charge in [0.2, 0.25) is 34.7 Å². The van der Waals surface area contributed by atoms with E-state index in [0.29, 0.717) is 77.6 Å². The molecular formula is C67H62ClN7O11S3. The van der Waals surface area contributed by atoms with Crippen LogP contribution in [0.3, 0.4) is 0 Å². The van der Waals surface area contributed by atoms with Crippen LogP contribution in [0.25, 0.3) is 17.3 Å². The number of aromatic nitrogens is 4. The van der Waals surface area contributed by atoms with E-state index < -0.39 is 40.8 Å². The highest BCUT2D eigenvalue weighted by atomic mass is 35.5. The molecular weight excluding hydrogens is 1210 g/mol.